The van der Waals surface area contributed by atoms with E-state index in [9.17, 15) is 9.18 Å². The summed E-state index contributed by atoms with van der Waals surface area (Å²) < 4.78 is 15.6. The Bertz CT molecular complexity index is 1290. The van der Waals surface area contributed by atoms with Crippen LogP contribution in [0.15, 0.2) is 78.9 Å². The van der Waals surface area contributed by atoms with Gasteiger partial charge in [-0.2, -0.15) is 0 Å². The van der Waals surface area contributed by atoms with Crippen LogP contribution in [0.3, 0.4) is 0 Å². The number of anilines is 1. The number of hydrogen-bond donors (Lipinski definition) is 1. The van der Waals surface area contributed by atoms with E-state index in [4.69, 9.17) is 4.98 Å². The number of carbonyl (C=O) groups excluding carboxylic acids is 1. The predicted octanol–water partition coefficient (Wildman–Crippen LogP) is 5.58. The molecule has 1 N–H and O–H groups in total. The molecule has 0 saturated carbocycles. The SMILES string of the molecule is CCC(Cc1ccccc1)NC(=O)C1CCN(c2nc3ccccc3n2Cc2ccc(F)cc2)CC1. The molecular weight excluding hydrogens is 451 g/mol. The van der Waals surface area contributed by atoms with Crippen molar-refractivity contribution in [1.82, 2.24) is 14.9 Å². The molecule has 186 valence electrons. The third-order valence-electron chi connectivity index (χ3n) is 7.20. The van der Waals surface area contributed by atoms with Crippen LogP contribution in [0, 0.1) is 11.7 Å². The second-order valence-corrected chi connectivity index (χ2v) is 9.68. The number of fused-ring (bicyclic) bond motifs is 1. The van der Waals surface area contributed by atoms with E-state index in [0.717, 1.165) is 61.3 Å². The highest BCUT2D eigenvalue weighted by molar-refractivity contribution is 5.80. The first-order valence-corrected chi connectivity index (χ1v) is 12.9. The highest BCUT2D eigenvalue weighted by atomic mass is 19.1. The average Bonchev–Trinajstić information content (AvgIpc) is 3.28. The maximum atomic E-state index is 13.4. The number of piperidine rings is 1. The Hall–Kier alpha value is -3.67. The lowest BCUT2D eigenvalue weighted by Gasteiger charge is -2.33. The molecule has 1 atom stereocenters. The van der Waals surface area contributed by atoms with Crippen LogP contribution < -0.4 is 10.2 Å². The van der Waals surface area contributed by atoms with E-state index in [-0.39, 0.29) is 23.7 Å². The number of nitrogens with zero attached hydrogens (tertiary/aromatic N) is 3. The number of halogens is 1. The van der Waals surface area contributed by atoms with E-state index in [2.05, 4.69) is 39.9 Å². The first-order valence-electron chi connectivity index (χ1n) is 12.9. The third kappa shape index (κ3) is 5.43. The van der Waals surface area contributed by atoms with Crippen LogP contribution in [0.1, 0.15) is 37.3 Å². The summed E-state index contributed by atoms with van der Waals surface area (Å²) in [5.74, 6) is 0.858. The second kappa shape index (κ2) is 10.9. The summed E-state index contributed by atoms with van der Waals surface area (Å²) in [4.78, 5) is 20.3. The van der Waals surface area contributed by atoms with Gasteiger partial charge >= 0.3 is 0 Å². The zero-order valence-corrected chi connectivity index (χ0v) is 20.7. The van der Waals surface area contributed by atoms with Crippen LogP contribution in [0.5, 0.6) is 0 Å². The fraction of sp³-hybridized carbons (Fsp3) is 0.333. The Morgan fingerprint density at radius 2 is 1.67 bits per heavy atom. The second-order valence-electron chi connectivity index (χ2n) is 9.68. The molecular formula is C30H33FN4O. The first kappa shape index (κ1) is 24.0. The van der Waals surface area contributed by atoms with Crippen molar-refractivity contribution in [2.45, 2.75) is 45.2 Å². The molecule has 6 heteroatoms. The smallest absolute Gasteiger partial charge is 0.223 e. The summed E-state index contributed by atoms with van der Waals surface area (Å²) >= 11 is 0. The van der Waals surface area contributed by atoms with Crippen LogP contribution in [-0.4, -0.2) is 34.6 Å². The molecule has 0 bridgehead atoms. The number of rotatable bonds is 8. The van der Waals surface area contributed by atoms with Crippen molar-refractivity contribution in [3.05, 3.63) is 95.8 Å². The number of hydrogen-bond acceptors (Lipinski definition) is 3. The Morgan fingerprint density at radius 1 is 0.972 bits per heavy atom. The molecule has 2 heterocycles. The summed E-state index contributed by atoms with van der Waals surface area (Å²) in [5, 5.41) is 3.30. The molecule has 0 spiro atoms. The van der Waals surface area contributed by atoms with Gasteiger partial charge in [0.15, 0.2) is 0 Å². The Kier molecular flexibility index (Phi) is 7.31. The summed E-state index contributed by atoms with van der Waals surface area (Å²) in [5.41, 5.74) is 4.28. The predicted molar refractivity (Wildman–Crippen MR) is 143 cm³/mol. The molecule has 1 fully saturated rings. The van der Waals surface area contributed by atoms with Gasteiger partial charge < -0.3 is 14.8 Å². The van der Waals surface area contributed by atoms with E-state index in [1.54, 1.807) is 0 Å². The van der Waals surface area contributed by atoms with Gasteiger partial charge in [0.2, 0.25) is 11.9 Å². The molecule has 5 rings (SSSR count). The summed E-state index contributed by atoms with van der Waals surface area (Å²) in [7, 11) is 0. The number of benzene rings is 3. The number of nitrogens with one attached hydrogen (secondary N) is 1. The fourth-order valence-corrected chi connectivity index (χ4v) is 5.09. The zero-order chi connectivity index (χ0) is 24.9. The Labute approximate surface area is 212 Å². The van der Waals surface area contributed by atoms with Crippen molar-refractivity contribution in [2.24, 2.45) is 5.92 Å². The Morgan fingerprint density at radius 3 is 2.39 bits per heavy atom. The number of aromatic nitrogens is 2. The van der Waals surface area contributed by atoms with Crippen molar-refractivity contribution in [2.75, 3.05) is 18.0 Å². The molecule has 0 aliphatic carbocycles. The van der Waals surface area contributed by atoms with Crippen LogP contribution in [0.25, 0.3) is 11.0 Å². The van der Waals surface area contributed by atoms with Gasteiger partial charge in [0, 0.05) is 25.0 Å². The zero-order valence-electron chi connectivity index (χ0n) is 20.7. The molecule has 3 aromatic carbocycles. The lowest BCUT2D eigenvalue weighted by molar-refractivity contribution is -0.126. The van der Waals surface area contributed by atoms with Crippen molar-refractivity contribution in [3.63, 3.8) is 0 Å². The monoisotopic (exact) mass is 484 g/mol. The van der Waals surface area contributed by atoms with Crippen LogP contribution in [0.4, 0.5) is 10.3 Å². The largest absolute Gasteiger partial charge is 0.353 e. The van der Waals surface area contributed by atoms with E-state index in [1.807, 2.05) is 48.5 Å². The van der Waals surface area contributed by atoms with E-state index in [1.165, 1.54) is 17.7 Å². The van der Waals surface area contributed by atoms with Gasteiger partial charge in [-0.3, -0.25) is 4.79 Å². The number of para-hydroxylation sites is 2. The minimum Gasteiger partial charge on any atom is -0.353 e. The Balaban J connectivity index is 1.26. The quantitative estimate of drug-likeness (QED) is 0.355. The van der Waals surface area contributed by atoms with Crippen molar-refractivity contribution in [1.29, 1.82) is 0 Å². The lowest BCUT2D eigenvalue weighted by atomic mass is 9.95. The molecule has 1 unspecified atom stereocenters. The first-order chi connectivity index (χ1) is 17.6. The summed E-state index contributed by atoms with van der Waals surface area (Å²) in [6, 6.07) is 25.3. The van der Waals surface area contributed by atoms with E-state index in [0.29, 0.717) is 6.54 Å². The third-order valence-corrected chi connectivity index (χ3v) is 7.20. The van der Waals surface area contributed by atoms with Crippen molar-refractivity contribution in [3.8, 4) is 0 Å². The maximum absolute atomic E-state index is 13.4. The molecule has 1 aromatic heterocycles. The number of carbonyl (C=O) groups is 1. The standard InChI is InChI=1S/C30H33FN4O/c1-2-26(20-22-8-4-3-5-9-22)32-29(36)24-16-18-34(19-17-24)30-33-27-10-6-7-11-28(27)35(30)21-23-12-14-25(31)15-13-23/h3-15,24,26H,2,16-21H2,1H3,(H,32,36). The molecule has 5 nitrogen and oxygen atoms in total. The molecule has 1 aliphatic rings. The van der Waals surface area contributed by atoms with Gasteiger partial charge in [-0.15, -0.1) is 0 Å². The maximum Gasteiger partial charge on any atom is 0.223 e. The van der Waals surface area contributed by atoms with Crippen LogP contribution in [0.2, 0.25) is 0 Å². The normalized spacial score (nSPS) is 15.2. The average molecular weight is 485 g/mol. The van der Waals surface area contributed by atoms with Gasteiger partial charge in [0.25, 0.3) is 0 Å². The van der Waals surface area contributed by atoms with E-state index < -0.39 is 0 Å². The molecule has 4 aromatic rings. The molecule has 1 aliphatic heterocycles. The minimum absolute atomic E-state index is 0.0148. The summed E-state index contributed by atoms with van der Waals surface area (Å²) in [6.45, 7) is 4.30. The highest BCUT2D eigenvalue weighted by Crippen LogP contribution is 2.28. The van der Waals surface area contributed by atoms with Gasteiger partial charge in [-0.1, -0.05) is 61.5 Å². The number of imidazole rings is 1. The van der Waals surface area contributed by atoms with Gasteiger partial charge in [0.1, 0.15) is 5.82 Å². The van der Waals surface area contributed by atoms with Crippen molar-refractivity contribution < 1.29 is 9.18 Å². The molecule has 1 saturated heterocycles. The van der Waals surface area contributed by atoms with Gasteiger partial charge in [-0.05, 0) is 61.1 Å². The molecule has 0 radical (unpaired) electrons. The minimum atomic E-state index is -0.233. The van der Waals surface area contributed by atoms with Crippen LogP contribution >= 0.6 is 0 Å². The van der Waals surface area contributed by atoms with Crippen LogP contribution in [-0.2, 0) is 17.8 Å². The number of amides is 1. The highest BCUT2D eigenvalue weighted by Gasteiger charge is 2.28. The molecule has 36 heavy (non-hydrogen) atoms. The van der Waals surface area contributed by atoms with Gasteiger partial charge in [0.05, 0.1) is 17.6 Å². The summed E-state index contributed by atoms with van der Waals surface area (Å²) in [6.07, 6.45) is 3.36. The fourth-order valence-electron chi connectivity index (χ4n) is 5.09. The van der Waals surface area contributed by atoms with Crippen molar-refractivity contribution >= 4 is 22.9 Å². The topological polar surface area (TPSA) is 50.2 Å². The lowest BCUT2D eigenvalue weighted by Crippen LogP contribution is -2.45. The van der Waals surface area contributed by atoms with Gasteiger partial charge in [-0.25, -0.2) is 9.37 Å². The van der Waals surface area contributed by atoms with E-state index >= 15 is 0 Å². The molecule has 1 amide bonds.